The van der Waals surface area contributed by atoms with E-state index in [9.17, 15) is 4.79 Å². The molecule has 6 heteroatoms. The minimum atomic E-state index is -0.496. The smallest absolute Gasteiger partial charge is 0.356 e. The number of hydrogen-bond donors (Lipinski definition) is 2. The molecule has 0 amide bonds. The van der Waals surface area contributed by atoms with E-state index in [1.54, 1.807) is 18.5 Å². The first kappa shape index (κ1) is 13.8. The van der Waals surface area contributed by atoms with Gasteiger partial charge in [0.2, 0.25) is 0 Å². The van der Waals surface area contributed by atoms with Gasteiger partial charge in [0.15, 0.2) is 11.5 Å². The zero-order valence-corrected chi connectivity index (χ0v) is 11.3. The van der Waals surface area contributed by atoms with Crippen molar-refractivity contribution in [3.8, 4) is 0 Å². The molecule has 6 nitrogen and oxygen atoms in total. The van der Waals surface area contributed by atoms with Gasteiger partial charge in [-0.15, -0.1) is 0 Å². The van der Waals surface area contributed by atoms with Crippen molar-refractivity contribution in [2.75, 3.05) is 18.2 Å². The van der Waals surface area contributed by atoms with Crippen LogP contribution < -0.4 is 11.1 Å². The van der Waals surface area contributed by atoms with E-state index in [0.717, 1.165) is 5.56 Å². The molecule has 0 aromatic carbocycles. The van der Waals surface area contributed by atoms with E-state index in [1.807, 2.05) is 19.1 Å². The Kier molecular flexibility index (Phi) is 4.14. The van der Waals surface area contributed by atoms with Crippen molar-refractivity contribution in [2.45, 2.75) is 13.0 Å². The van der Waals surface area contributed by atoms with Gasteiger partial charge in [-0.05, 0) is 36.8 Å². The lowest BCUT2D eigenvalue weighted by Crippen LogP contribution is -2.12. The second kappa shape index (κ2) is 6.01. The minimum absolute atomic E-state index is 0.0132. The van der Waals surface area contributed by atoms with Crippen molar-refractivity contribution >= 4 is 17.5 Å². The highest BCUT2D eigenvalue weighted by Gasteiger charge is 2.12. The zero-order valence-electron chi connectivity index (χ0n) is 11.3. The number of ether oxygens (including phenoxy) is 1. The van der Waals surface area contributed by atoms with Crippen molar-refractivity contribution < 1.29 is 9.53 Å². The van der Waals surface area contributed by atoms with Crippen molar-refractivity contribution in [2.24, 2.45) is 0 Å². The highest BCUT2D eigenvalue weighted by Crippen LogP contribution is 2.22. The molecule has 3 N–H and O–H groups in total. The average Bonchev–Trinajstić information content (AvgIpc) is 2.49. The highest BCUT2D eigenvalue weighted by atomic mass is 16.5. The molecule has 1 atom stereocenters. The van der Waals surface area contributed by atoms with Crippen LogP contribution in [0, 0.1) is 0 Å². The number of esters is 1. The van der Waals surface area contributed by atoms with Gasteiger partial charge in [0.05, 0.1) is 18.8 Å². The van der Waals surface area contributed by atoms with Crippen molar-refractivity contribution in [3.63, 3.8) is 0 Å². The molecule has 0 saturated heterocycles. The van der Waals surface area contributed by atoms with Crippen molar-refractivity contribution in [1.29, 1.82) is 0 Å². The van der Waals surface area contributed by atoms with Crippen LogP contribution in [0.2, 0.25) is 0 Å². The predicted molar refractivity (Wildman–Crippen MR) is 76.3 cm³/mol. The zero-order chi connectivity index (χ0) is 14.5. The Hall–Kier alpha value is -2.63. The maximum Gasteiger partial charge on any atom is 0.356 e. The number of nitrogens with one attached hydrogen (secondary N) is 1. The van der Waals surface area contributed by atoms with Gasteiger partial charge in [0, 0.05) is 12.4 Å². The number of rotatable bonds is 4. The van der Waals surface area contributed by atoms with Crippen LogP contribution in [0.5, 0.6) is 0 Å². The lowest BCUT2D eigenvalue weighted by Gasteiger charge is -2.16. The first-order valence-corrected chi connectivity index (χ1v) is 6.13. The van der Waals surface area contributed by atoms with Gasteiger partial charge in [0.1, 0.15) is 0 Å². The molecule has 0 aliphatic heterocycles. The lowest BCUT2D eigenvalue weighted by atomic mass is 10.1. The van der Waals surface area contributed by atoms with E-state index in [4.69, 9.17) is 5.73 Å². The third-order valence-corrected chi connectivity index (χ3v) is 2.88. The number of pyridine rings is 2. The van der Waals surface area contributed by atoms with Gasteiger partial charge in [-0.2, -0.15) is 0 Å². The first-order valence-electron chi connectivity index (χ1n) is 6.13. The molecular formula is C14H16N4O2. The van der Waals surface area contributed by atoms with Crippen LogP contribution in [-0.4, -0.2) is 23.0 Å². The van der Waals surface area contributed by atoms with Crippen LogP contribution >= 0.6 is 0 Å². The second-order valence-corrected chi connectivity index (χ2v) is 4.27. The quantitative estimate of drug-likeness (QED) is 0.827. The molecule has 0 fully saturated rings. The molecule has 104 valence electrons. The van der Waals surface area contributed by atoms with Crippen LogP contribution in [-0.2, 0) is 4.74 Å². The first-order chi connectivity index (χ1) is 9.61. The molecule has 2 heterocycles. The summed E-state index contributed by atoms with van der Waals surface area (Å²) in [5.41, 5.74) is 7.60. The van der Waals surface area contributed by atoms with Crippen LogP contribution in [0.4, 0.5) is 11.5 Å². The molecule has 0 aliphatic carbocycles. The molecule has 2 rings (SSSR count). The molecule has 2 aromatic heterocycles. The molecule has 0 radical (unpaired) electrons. The number of nitrogens with zero attached hydrogens (tertiary/aromatic N) is 2. The molecule has 20 heavy (non-hydrogen) atoms. The second-order valence-electron chi connectivity index (χ2n) is 4.27. The van der Waals surface area contributed by atoms with E-state index in [2.05, 4.69) is 20.0 Å². The van der Waals surface area contributed by atoms with Crippen LogP contribution in [0.15, 0.2) is 36.7 Å². The predicted octanol–water partition coefficient (Wildman–Crippen LogP) is 2.02. The van der Waals surface area contributed by atoms with Gasteiger partial charge in [-0.25, -0.2) is 9.78 Å². The van der Waals surface area contributed by atoms with Crippen LogP contribution in [0.25, 0.3) is 0 Å². The summed E-state index contributed by atoms with van der Waals surface area (Å²) in [5.74, 6) is -0.0400. The summed E-state index contributed by atoms with van der Waals surface area (Å²) in [6, 6.07) is 6.95. The van der Waals surface area contributed by atoms with Gasteiger partial charge in [0.25, 0.3) is 0 Å². The van der Waals surface area contributed by atoms with Crippen LogP contribution in [0.1, 0.15) is 29.0 Å². The van der Waals surface area contributed by atoms with Crippen LogP contribution in [0.3, 0.4) is 0 Å². The van der Waals surface area contributed by atoms with E-state index >= 15 is 0 Å². The summed E-state index contributed by atoms with van der Waals surface area (Å²) in [5, 5.41) is 3.17. The fraction of sp³-hybridized carbons (Fsp3) is 0.214. The molecule has 0 spiro atoms. The Morgan fingerprint density at radius 1 is 1.30 bits per heavy atom. The van der Waals surface area contributed by atoms with Gasteiger partial charge < -0.3 is 15.8 Å². The Balaban J connectivity index is 2.22. The fourth-order valence-electron chi connectivity index (χ4n) is 1.74. The summed E-state index contributed by atoms with van der Waals surface area (Å²) in [4.78, 5) is 19.6. The molecule has 2 aromatic rings. The number of anilines is 2. The fourth-order valence-corrected chi connectivity index (χ4v) is 1.74. The molecular weight excluding hydrogens is 256 g/mol. The number of nitrogens with two attached hydrogens (primary N) is 1. The third-order valence-electron chi connectivity index (χ3n) is 2.88. The maximum absolute atomic E-state index is 11.5. The number of aromatic nitrogens is 2. The Bertz CT molecular complexity index is 601. The molecule has 0 saturated carbocycles. The number of hydrogen-bond acceptors (Lipinski definition) is 6. The van der Waals surface area contributed by atoms with E-state index in [0.29, 0.717) is 11.5 Å². The number of carbonyl (C=O) groups excluding carboxylic acids is 1. The largest absolute Gasteiger partial charge is 0.464 e. The highest BCUT2D eigenvalue weighted by molar-refractivity contribution is 5.88. The summed E-state index contributed by atoms with van der Waals surface area (Å²) < 4.78 is 4.64. The Labute approximate surface area is 117 Å². The molecule has 1 unspecified atom stereocenters. The Morgan fingerprint density at radius 3 is 2.65 bits per heavy atom. The lowest BCUT2D eigenvalue weighted by molar-refractivity contribution is 0.0594. The van der Waals surface area contributed by atoms with Gasteiger partial charge >= 0.3 is 5.97 Å². The summed E-state index contributed by atoms with van der Waals surface area (Å²) in [6.07, 6.45) is 3.43. The number of carbonyl (C=O) groups is 1. The number of methoxy groups -OCH3 is 1. The molecule has 0 bridgehead atoms. The third kappa shape index (κ3) is 3.03. The topological polar surface area (TPSA) is 90.1 Å². The standard InChI is InChI=1S/C14H16N4O2/c1-9(10-5-7-16-8-6-10)17-13-11(15)3-4-12(18-13)14(19)20-2/h3-9H,15H2,1-2H3,(H,17,18). The van der Waals surface area contributed by atoms with Gasteiger partial charge in [-0.3, -0.25) is 4.98 Å². The summed E-state index contributed by atoms with van der Waals surface area (Å²) in [6.45, 7) is 1.97. The monoisotopic (exact) mass is 272 g/mol. The normalized spacial score (nSPS) is 11.7. The SMILES string of the molecule is COC(=O)c1ccc(N)c(NC(C)c2ccncc2)n1. The van der Waals surface area contributed by atoms with E-state index in [-0.39, 0.29) is 11.7 Å². The average molecular weight is 272 g/mol. The van der Waals surface area contributed by atoms with Crippen molar-refractivity contribution in [3.05, 3.63) is 47.9 Å². The molecule has 0 aliphatic rings. The maximum atomic E-state index is 11.5. The summed E-state index contributed by atoms with van der Waals surface area (Å²) >= 11 is 0. The Morgan fingerprint density at radius 2 is 2.00 bits per heavy atom. The van der Waals surface area contributed by atoms with Gasteiger partial charge in [-0.1, -0.05) is 0 Å². The minimum Gasteiger partial charge on any atom is -0.464 e. The van der Waals surface area contributed by atoms with E-state index < -0.39 is 5.97 Å². The van der Waals surface area contributed by atoms with Crippen molar-refractivity contribution in [1.82, 2.24) is 9.97 Å². The summed E-state index contributed by atoms with van der Waals surface area (Å²) in [7, 11) is 1.31. The number of nitrogen functional groups attached to an aromatic ring is 1. The van der Waals surface area contributed by atoms with E-state index in [1.165, 1.54) is 13.2 Å².